The summed E-state index contributed by atoms with van der Waals surface area (Å²) in [6.45, 7) is 0.179. The van der Waals surface area contributed by atoms with Crippen LogP contribution < -0.4 is 5.32 Å². The van der Waals surface area contributed by atoms with Gasteiger partial charge in [0.25, 0.3) is 0 Å². The topological polar surface area (TPSA) is 12.0 Å². The van der Waals surface area contributed by atoms with Gasteiger partial charge in [-0.05, 0) is 12.1 Å². The van der Waals surface area contributed by atoms with Crippen LogP contribution >= 0.6 is 0 Å². The van der Waals surface area contributed by atoms with E-state index in [1.807, 2.05) is 30.3 Å². The lowest BCUT2D eigenvalue weighted by molar-refractivity contribution is -0.133. The molecule has 1 nitrogen and oxygen atoms in total. The average Bonchev–Trinajstić information content (AvgIpc) is 2.23. The van der Waals surface area contributed by atoms with Crippen molar-refractivity contribution < 1.29 is 13.2 Å². The van der Waals surface area contributed by atoms with Crippen LogP contribution in [0.25, 0.3) is 0 Å². The van der Waals surface area contributed by atoms with Gasteiger partial charge in [-0.3, -0.25) is 0 Å². The van der Waals surface area contributed by atoms with Crippen molar-refractivity contribution in [2.24, 2.45) is 0 Å². The highest BCUT2D eigenvalue weighted by Gasteiger charge is 2.25. The largest absolute Gasteiger partial charge is 0.390 e. The summed E-state index contributed by atoms with van der Waals surface area (Å²) < 4.78 is 35.3. The van der Waals surface area contributed by atoms with Crippen LogP contribution in [0.3, 0.4) is 0 Å². The number of nitrogens with one attached hydrogen (secondary N) is 1. The Balaban J connectivity index is 2.19. The van der Waals surface area contributed by atoms with E-state index < -0.39 is 12.6 Å². The number of alkyl halides is 3. The number of hydrogen-bond acceptors (Lipinski definition) is 1. The third-order valence-corrected chi connectivity index (χ3v) is 1.81. The molecular formula is C12H12F3N. The zero-order valence-corrected chi connectivity index (χ0v) is 8.64. The fourth-order valence-corrected chi connectivity index (χ4v) is 1.05. The molecule has 0 aliphatic carbocycles. The molecule has 16 heavy (non-hydrogen) atoms. The van der Waals surface area contributed by atoms with E-state index in [1.165, 1.54) is 0 Å². The Morgan fingerprint density at radius 1 is 1.12 bits per heavy atom. The normalized spacial score (nSPS) is 10.7. The fraction of sp³-hybridized carbons (Fsp3) is 0.333. The zero-order chi connectivity index (χ0) is 11.9. The quantitative estimate of drug-likeness (QED) is 0.618. The third-order valence-electron chi connectivity index (χ3n) is 1.81. The molecule has 0 radical (unpaired) electrons. The first kappa shape index (κ1) is 12.6. The predicted octanol–water partition coefficient (Wildman–Crippen LogP) is 2.58. The highest BCUT2D eigenvalue weighted by molar-refractivity contribution is 5.33. The number of rotatable bonds is 3. The molecule has 0 fully saturated rings. The number of halogens is 3. The molecular weight excluding hydrogens is 215 g/mol. The minimum Gasteiger partial charge on any atom is -0.306 e. The van der Waals surface area contributed by atoms with Gasteiger partial charge in [0, 0.05) is 12.1 Å². The van der Waals surface area contributed by atoms with E-state index in [2.05, 4.69) is 17.2 Å². The average molecular weight is 227 g/mol. The van der Waals surface area contributed by atoms with Crippen LogP contribution in [-0.2, 0) is 0 Å². The minimum absolute atomic E-state index is 0.0903. The van der Waals surface area contributed by atoms with Crippen molar-refractivity contribution in [3.63, 3.8) is 0 Å². The maximum absolute atomic E-state index is 11.8. The van der Waals surface area contributed by atoms with Crippen molar-refractivity contribution in [2.45, 2.75) is 12.6 Å². The maximum atomic E-state index is 11.8. The maximum Gasteiger partial charge on any atom is 0.390 e. The Kier molecular flexibility index (Phi) is 4.87. The predicted molar refractivity (Wildman–Crippen MR) is 56.9 cm³/mol. The van der Waals surface area contributed by atoms with Gasteiger partial charge in [0.05, 0.1) is 13.0 Å². The second-order valence-corrected chi connectivity index (χ2v) is 3.21. The Morgan fingerprint density at radius 3 is 2.44 bits per heavy atom. The summed E-state index contributed by atoms with van der Waals surface area (Å²) in [5.41, 5.74) is 0.861. The molecule has 0 saturated carbocycles. The summed E-state index contributed by atoms with van der Waals surface area (Å²) in [5.74, 6) is 5.61. The summed E-state index contributed by atoms with van der Waals surface area (Å²) in [7, 11) is 0. The molecule has 1 N–H and O–H groups in total. The molecule has 0 aliphatic heterocycles. The summed E-state index contributed by atoms with van der Waals surface area (Å²) >= 11 is 0. The Labute approximate surface area is 92.7 Å². The lowest BCUT2D eigenvalue weighted by atomic mass is 10.2. The van der Waals surface area contributed by atoms with Crippen LogP contribution in [0.1, 0.15) is 12.0 Å². The molecule has 0 saturated heterocycles. The van der Waals surface area contributed by atoms with Crippen molar-refractivity contribution in [1.82, 2.24) is 5.32 Å². The van der Waals surface area contributed by atoms with E-state index in [-0.39, 0.29) is 13.1 Å². The minimum atomic E-state index is -4.10. The molecule has 0 heterocycles. The Morgan fingerprint density at radius 2 is 1.81 bits per heavy atom. The van der Waals surface area contributed by atoms with E-state index in [9.17, 15) is 13.2 Å². The standard InChI is InChI=1S/C12H12F3N/c13-12(14,15)8-10-16-9-4-7-11-5-2-1-3-6-11/h1-3,5-6,16H,8-10H2. The van der Waals surface area contributed by atoms with Gasteiger partial charge in [-0.15, -0.1) is 0 Å². The van der Waals surface area contributed by atoms with E-state index >= 15 is 0 Å². The van der Waals surface area contributed by atoms with Crippen LogP contribution in [0.2, 0.25) is 0 Å². The molecule has 0 unspecified atom stereocenters. The Hall–Kier alpha value is -1.47. The number of benzene rings is 1. The van der Waals surface area contributed by atoms with Crippen molar-refractivity contribution >= 4 is 0 Å². The van der Waals surface area contributed by atoms with Crippen LogP contribution in [0.4, 0.5) is 13.2 Å². The molecule has 1 aromatic carbocycles. The highest BCUT2D eigenvalue weighted by Crippen LogP contribution is 2.17. The first-order valence-electron chi connectivity index (χ1n) is 4.89. The van der Waals surface area contributed by atoms with Gasteiger partial charge >= 0.3 is 6.18 Å². The summed E-state index contributed by atoms with van der Waals surface area (Å²) in [6.07, 6.45) is -4.92. The van der Waals surface area contributed by atoms with Crippen molar-refractivity contribution in [3.8, 4) is 11.8 Å². The van der Waals surface area contributed by atoms with Gasteiger partial charge in [0.15, 0.2) is 0 Å². The summed E-state index contributed by atoms with van der Waals surface area (Å²) in [6, 6.07) is 9.31. The smallest absolute Gasteiger partial charge is 0.306 e. The van der Waals surface area contributed by atoms with E-state index in [0.29, 0.717) is 0 Å². The van der Waals surface area contributed by atoms with Crippen LogP contribution in [0, 0.1) is 11.8 Å². The molecule has 1 rings (SSSR count). The second kappa shape index (κ2) is 6.19. The van der Waals surface area contributed by atoms with Crippen molar-refractivity contribution in [1.29, 1.82) is 0 Å². The van der Waals surface area contributed by atoms with Gasteiger partial charge in [0.2, 0.25) is 0 Å². The molecule has 4 heteroatoms. The molecule has 1 aromatic rings. The van der Waals surface area contributed by atoms with Crippen molar-refractivity contribution in [3.05, 3.63) is 35.9 Å². The lowest BCUT2D eigenvalue weighted by Gasteiger charge is -2.04. The summed E-state index contributed by atoms with van der Waals surface area (Å²) in [4.78, 5) is 0. The van der Waals surface area contributed by atoms with Gasteiger partial charge in [0.1, 0.15) is 0 Å². The first-order chi connectivity index (χ1) is 7.58. The van der Waals surface area contributed by atoms with Gasteiger partial charge in [-0.2, -0.15) is 13.2 Å². The number of hydrogen-bond donors (Lipinski definition) is 1. The van der Waals surface area contributed by atoms with Gasteiger partial charge in [-0.25, -0.2) is 0 Å². The van der Waals surface area contributed by atoms with Gasteiger partial charge < -0.3 is 5.32 Å². The molecule has 0 amide bonds. The second-order valence-electron chi connectivity index (χ2n) is 3.21. The first-order valence-corrected chi connectivity index (χ1v) is 4.89. The van der Waals surface area contributed by atoms with Crippen LogP contribution in [0.15, 0.2) is 30.3 Å². The lowest BCUT2D eigenvalue weighted by Crippen LogP contribution is -2.21. The SMILES string of the molecule is FC(F)(F)CCNCC#Cc1ccccc1. The van der Waals surface area contributed by atoms with Gasteiger partial charge in [-0.1, -0.05) is 30.0 Å². The molecule has 0 aliphatic rings. The highest BCUT2D eigenvalue weighted by atomic mass is 19.4. The van der Waals surface area contributed by atoms with Crippen LogP contribution in [-0.4, -0.2) is 19.3 Å². The summed E-state index contributed by atoms with van der Waals surface area (Å²) in [5, 5.41) is 2.62. The van der Waals surface area contributed by atoms with E-state index in [1.54, 1.807) is 0 Å². The monoisotopic (exact) mass is 227 g/mol. The van der Waals surface area contributed by atoms with Crippen LogP contribution in [0.5, 0.6) is 0 Å². The molecule has 0 atom stereocenters. The Bertz CT molecular complexity index is 359. The molecule has 0 aromatic heterocycles. The molecule has 86 valence electrons. The fourth-order valence-electron chi connectivity index (χ4n) is 1.05. The third kappa shape index (κ3) is 6.10. The zero-order valence-electron chi connectivity index (χ0n) is 8.64. The molecule has 0 spiro atoms. The molecule has 0 bridgehead atoms. The van der Waals surface area contributed by atoms with E-state index in [0.717, 1.165) is 5.56 Å². The van der Waals surface area contributed by atoms with Crippen molar-refractivity contribution in [2.75, 3.05) is 13.1 Å². The van der Waals surface area contributed by atoms with E-state index in [4.69, 9.17) is 0 Å².